The average molecular weight is 405 g/mol. The molecule has 0 spiro atoms. The van der Waals surface area contributed by atoms with Gasteiger partial charge in [0.15, 0.2) is 9.84 Å². The topological polar surface area (TPSA) is 69.7 Å². The predicted molar refractivity (Wildman–Crippen MR) is 110 cm³/mol. The second kappa shape index (κ2) is 9.34. The van der Waals surface area contributed by atoms with Crippen molar-refractivity contribution in [3.63, 3.8) is 0 Å². The smallest absolute Gasteiger partial charge is 0.315 e. The molecular weight excluding hydrogens is 376 g/mol. The van der Waals surface area contributed by atoms with Gasteiger partial charge in [-0.05, 0) is 56.0 Å². The van der Waals surface area contributed by atoms with Crippen LogP contribution in [0.3, 0.4) is 0 Å². The molecule has 2 aromatic rings. The number of methoxy groups -OCH3 is 1. The summed E-state index contributed by atoms with van der Waals surface area (Å²) in [6.45, 7) is 6.23. The molecule has 6 heteroatoms. The molecule has 0 heterocycles. The summed E-state index contributed by atoms with van der Waals surface area (Å²) in [7, 11) is -1.75. The van der Waals surface area contributed by atoms with Crippen LogP contribution in [0.5, 0.6) is 0 Å². The van der Waals surface area contributed by atoms with Crippen LogP contribution in [0.15, 0.2) is 53.4 Å². The lowest BCUT2D eigenvalue weighted by Crippen LogP contribution is -2.31. The first kappa shape index (κ1) is 22.1. The standard InChI is InChI=1S/C22H28O5S/c1-5-27-21(23)22(2,3)19-11-7-17(8-12-19)18-9-13-20(14-10-18)28(24,25)16-6-15-26-4/h7-14H,5-6,15-16H2,1-4H3. The molecule has 0 atom stereocenters. The molecule has 0 bridgehead atoms. The summed E-state index contributed by atoms with van der Waals surface area (Å²) in [4.78, 5) is 12.5. The van der Waals surface area contributed by atoms with Gasteiger partial charge in [0.05, 0.1) is 22.7 Å². The van der Waals surface area contributed by atoms with E-state index in [4.69, 9.17) is 9.47 Å². The minimum absolute atomic E-state index is 0.0673. The van der Waals surface area contributed by atoms with Gasteiger partial charge in [-0.25, -0.2) is 8.42 Å². The zero-order valence-corrected chi connectivity index (χ0v) is 17.7. The highest BCUT2D eigenvalue weighted by Crippen LogP contribution is 2.28. The van der Waals surface area contributed by atoms with E-state index < -0.39 is 15.3 Å². The van der Waals surface area contributed by atoms with E-state index in [0.29, 0.717) is 24.5 Å². The number of ether oxygens (including phenoxy) is 2. The third-order valence-electron chi connectivity index (χ3n) is 4.70. The van der Waals surface area contributed by atoms with Gasteiger partial charge in [0.1, 0.15) is 0 Å². The second-order valence-corrected chi connectivity index (χ2v) is 9.22. The number of benzene rings is 2. The molecule has 0 aromatic heterocycles. The van der Waals surface area contributed by atoms with Crippen LogP contribution in [0.4, 0.5) is 0 Å². The molecule has 0 N–H and O–H groups in total. The van der Waals surface area contributed by atoms with E-state index in [2.05, 4.69) is 0 Å². The van der Waals surface area contributed by atoms with E-state index in [9.17, 15) is 13.2 Å². The largest absolute Gasteiger partial charge is 0.465 e. The van der Waals surface area contributed by atoms with Gasteiger partial charge >= 0.3 is 5.97 Å². The Morgan fingerprint density at radius 1 is 0.964 bits per heavy atom. The summed E-state index contributed by atoms with van der Waals surface area (Å²) in [6, 6.07) is 14.5. The van der Waals surface area contributed by atoms with E-state index in [-0.39, 0.29) is 11.7 Å². The summed E-state index contributed by atoms with van der Waals surface area (Å²) in [5.41, 5.74) is 2.00. The van der Waals surface area contributed by atoms with Crippen LogP contribution in [0.25, 0.3) is 11.1 Å². The van der Waals surface area contributed by atoms with Gasteiger partial charge in [-0.2, -0.15) is 0 Å². The Morgan fingerprint density at radius 2 is 1.50 bits per heavy atom. The fourth-order valence-electron chi connectivity index (χ4n) is 2.87. The van der Waals surface area contributed by atoms with Gasteiger partial charge in [0, 0.05) is 13.7 Å². The average Bonchev–Trinajstić information content (AvgIpc) is 2.68. The molecule has 152 valence electrons. The Hall–Kier alpha value is -2.18. The lowest BCUT2D eigenvalue weighted by molar-refractivity contribution is -0.148. The summed E-state index contributed by atoms with van der Waals surface area (Å²) in [5, 5.41) is 0. The molecule has 0 radical (unpaired) electrons. The van der Waals surface area contributed by atoms with E-state index in [0.717, 1.165) is 16.7 Å². The van der Waals surface area contributed by atoms with Crippen molar-refractivity contribution in [3.05, 3.63) is 54.1 Å². The predicted octanol–water partition coefficient (Wildman–Crippen LogP) is 4.00. The Morgan fingerprint density at radius 3 is 2.00 bits per heavy atom. The third kappa shape index (κ3) is 5.20. The summed E-state index contributed by atoms with van der Waals surface area (Å²) in [6.07, 6.45) is 0.471. The monoisotopic (exact) mass is 404 g/mol. The number of carbonyl (C=O) groups is 1. The second-order valence-electron chi connectivity index (χ2n) is 7.11. The Labute approximate surface area is 167 Å². The number of rotatable bonds is 9. The molecular formula is C22H28O5S. The van der Waals surface area contributed by atoms with Crippen molar-refractivity contribution in [2.75, 3.05) is 26.1 Å². The number of hydrogen-bond donors (Lipinski definition) is 0. The Bertz CT molecular complexity index is 882. The van der Waals surface area contributed by atoms with E-state index >= 15 is 0 Å². The minimum atomic E-state index is -3.30. The van der Waals surface area contributed by atoms with Gasteiger partial charge < -0.3 is 9.47 Å². The third-order valence-corrected chi connectivity index (χ3v) is 6.52. The molecule has 0 aliphatic carbocycles. The highest BCUT2D eigenvalue weighted by Gasteiger charge is 2.31. The lowest BCUT2D eigenvalue weighted by atomic mass is 9.84. The molecule has 0 fully saturated rings. The van der Waals surface area contributed by atoms with E-state index in [1.54, 1.807) is 38.3 Å². The maximum Gasteiger partial charge on any atom is 0.315 e. The quantitative estimate of drug-likeness (QED) is 0.467. The molecule has 28 heavy (non-hydrogen) atoms. The van der Waals surface area contributed by atoms with Crippen LogP contribution in [-0.2, 0) is 29.5 Å². The summed E-state index contributed by atoms with van der Waals surface area (Å²) in [5.74, 6) is -0.191. The van der Waals surface area contributed by atoms with Crippen LogP contribution in [0.2, 0.25) is 0 Å². The first-order valence-corrected chi connectivity index (χ1v) is 11.0. The highest BCUT2D eigenvalue weighted by molar-refractivity contribution is 7.91. The summed E-state index contributed by atoms with van der Waals surface area (Å²) < 4.78 is 34.7. The molecule has 0 saturated heterocycles. The Kier molecular flexibility index (Phi) is 7.38. The van der Waals surface area contributed by atoms with Gasteiger partial charge in [0.25, 0.3) is 0 Å². The van der Waals surface area contributed by atoms with Crippen LogP contribution >= 0.6 is 0 Å². The van der Waals surface area contributed by atoms with Crippen molar-refractivity contribution in [2.45, 2.75) is 37.5 Å². The van der Waals surface area contributed by atoms with Crippen molar-refractivity contribution in [2.24, 2.45) is 0 Å². The van der Waals surface area contributed by atoms with Crippen LogP contribution in [-0.4, -0.2) is 40.5 Å². The zero-order chi connectivity index (χ0) is 20.8. The van der Waals surface area contributed by atoms with Gasteiger partial charge in [-0.3, -0.25) is 4.79 Å². The summed E-state index contributed by atoms with van der Waals surface area (Å²) >= 11 is 0. The number of carbonyl (C=O) groups excluding carboxylic acids is 1. The molecule has 2 rings (SSSR count). The number of sulfone groups is 1. The molecule has 0 unspecified atom stereocenters. The van der Waals surface area contributed by atoms with Crippen LogP contribution in [0.1, 0.15) is 32.8 Å². The number of hydrogen-bond acceptors (Lipinski definition) is 5. The Balaban J connectivity index is 2.17. The lowest BCUT2D eigenvalue weighted by Gasteiger charge is -2.23. The molecule has 0 aliphatic heterocycles. The molecule has 0 saturated carbocycles. The first-order valence-electron chi connectivity index (χ1n) is 9.32. The van der Waals surface area contributed by atoms with Crippen molar-refractivity contribution in [1.82, 2.24) is 0 Å². The zero-order valence-electron chi connectivity index (χ0n) is 16.9. The molecule has 0 amide bonds. The van der Waals surface area contributed by atoms with E-state index in [1.807, 2.05) is 38.1 Å². The minimum Gasteiger partial charge on any atom is -0.465 e. The molecule has 5 nitrogen and oxygen atoms in total. The molecule has 0 aliphatic rings. The highest BCUT2D eigenvalue weighted by atomic mass is 32.2. The maximum absolute atomic E-state index is 12.3. The van der Waals surface area contributed by atoms with Crippen molar-refractivity contribution in [3.8, 4) is 11.1 Å². The number of esters is 1. The van der Waals surface area contributed by atoms with Gasteiger partial charge in [-0.1, -0.05) is 36.4 Å². The maximum atomic E-state index is 12.3. The fraction of sp³-hybridized carbons (Fsp3) is 0.409. The van der Waals surface area contributed by atoms with Gasteiger partial charge in [-0.15, -0.1) is 0 Å². The van der Waals surface area contributed by atoms with Crippen molar-refractivity contribution < 1.29 is 22.7 Å². The van der Waals surface area contributed by atoms with E-state index in [1.165, 1.54) is 0 Å². The fourth-order valence-corrected chi connectivity index (χ4v) is 4.16. The van der Waals surface area contributed by atoms with Crippen LogP contribution < -0.4 is 0 Å². The van der Waals surface area contributed by atoms with Crippen LogP contribution in [0, 0.1) is 0 Å². The SMILES string of the molecule is CCOC(=O)C(C)(C)c1ccc(-c2ccc(S(=O)(=O)CCCOC)cc2)cc1. The van der Waals surface area contributed by atoms with Crippen molar-refractivity contribution >= 4 is 15.8 Å². The first-order chi connectivity index (χ1) is 13.2. The van der Waals surface area contributed by atoms with Crippen molar-refractivity contribution in [1.29, 1.82) is 0 Å². The molecule has 2 aromatic carbocycles. The normalized spacial score (nSPS) is 12.0. The van der Waals surface area contributed by atoms with Gasteiger partial charge in [0.2, 0.25) is 0 Å².